The van der Waals surface area contributed by atoms with Crippen molar-refractivity contribution in [3.63, 3.8) is 0 Å². The van der Waals surface area contributed by atoms with Crippen LogP contribution < -0.4 is 10.6 Å². The molecule has 1 atom stereocenters. The molecule has 0 aliphatic rings. The molecule has 0 radical (unpaired) electrons. The third-order valence-corrected chi connectivity index (χ3v) is 2.95. The molecule has 14 heavy (non-hydrogen) atoms. The number of benzene rings is 1. The maximum Gasteiger partial charge on any atom is 0.0455 e. The third kappa shape index (κ3) is 3.08. The Hall–Kier alpha value is -0.380. The zero-order chi connectivity index (χ0) is 10.4. The summed E-state index contributed by atoms with van der Waals surface area (Å²) >= 11 is 3.56. The predicted octanol–water partition coefficient (Wildman–Crippen LogP) is 2.32. The second-order valence-electron chi connectivity index (χ2n) is 3.17. The number of halogens is 1. The summed E-state index contributed by atoms with van der Waals surface area (Å²) in [6, 6.07) is 8.68. The molecule has 0 saturated heterocycles. The summed E-state index contributed by atoms with van der Waals surface area (Å²) < 4.78 is 1.16. The van der Waals surface area contributed by atoms with E-state index in [1.807, 2.05) is 13.1 Å². The fourth-order valence-electron chi connectivity index (χ4n) is 1.41. The Kier molecular flexibility index (Phi) is 5.15. The van der Waals surface area contributed by atoms with E-state index in [0.717, 1.165) is 17.6 Å². The van der Waals surface area contributed by atoms with Gasteiger partial charge in [0.15, 0.2) is 0 Å². The lowest BCUT2D eigenvalue weighted by molar-refractivity contribution is 0.537. The minimum atomic E-state index is 0.366. The van der Waals surface area contributed by atoms with E-state index in [2.05, 4.69) is 51.7 Å². The molecule has 1 rings (SSSR count). The SMILES string of the molecule is CCNCC(NC)c1ccccc1Br. The van der Waals surface area contributed by atoms with Crippen LogP contribution in [0, 0.1) is 0 Å². The van der Waals surface area contributed by atoms with Crippen LogP contribution in [-0.4, -0.2) is 20.1 Å². The van der Waals surface area contributed by atoms with E-state index >= 15 is 0 Å². The first-order valence-electron chi connectivity index (χ1n) is 4.92. The van der Waals surface area contributed by atoms with Crippen LogP contribution in [0.1, 0.15) is 18.5 Å². The molecule has 78 valence electrons. The van der Waals surface area contributed by atoms with Gasteiger partial charge in [-0.05, 0) is 25.2 Å². The quantitative estimate of drug-likeness (QED) is 0.845. The summed E-state index contributed by atoms with van der Waals surface area (Å²) in [7, 11) is 1.99. The molecule has 0 fully saturated rings. The van der Waals surface area contributed by atoms with Gasteiger partial charge in [-0.15, -0.1) is 0 Å². The van der Waals surface area contributed by atoms with Crippen LogP contribution in [-0.2, 0) is 0 Å². The van der Waals surface area contributed by atoms with Crippen molar-refractivity contribution < 1.29 is 0 Å². The lowest BCUT2D eigenvalue weighted by Gasteiger charge is -2.18. The average Bonchev–Trinajstić information content (AvgIpc) is 2.21. The molecule has 1 aromatic carbocycles. The Bertz CT molecular complexity index is 276. The van der Waals surface area contributed by atoms with Crippen LogP contribution in [0.2, 0.25) is 0 Å². The Labute approximate surface area is 94.2 Å². The molecule has 0 saturated carbocycles. The average molecular weight is 257 g/mol. The van der Waals surface area contributed by atoms with Crippen molar-refractivity contribution in [3.8, 4) is 0 Å². The summed E-state index contributed by atoms with van der Waals surface area (Å²) in [4.78, 5) is 0. The maximum atomic E-state index is 3.56. The topological polar surface area (TPSA) is 24.1 Å². The van der Waals surface area contributed by atoms with E-state index in [4.69, 9.17) is 0 Å². The van der Waals surface area contributed by atoms with Crippen LogP contribution in [0.4, 0.5) is 0 Å². The van der Waals surface area contributed by atoms with Crippen LogP contribution in [0.25, 0.3) is 0 Å². The minimum absolute atomic E-state index is 0.366. The molecule has 0 aromatic heterocycles. The van der Waals surface area contributed by atoms with E-state index in [9.17, 15) is 0 Å². The van der Waals surface area contributed by atoms with Gasteiger partial charge in [-0.3, -0.25) is 0 Å². The largest absolute Gasteiger partial charge is 0.315 e. The van der Waals surface area contributed by atoms with Crippen molar-refractivity contribution >= 4 is 15.9 Å². The molecular weight excluding hydrogens is 240 g/mol. The molecule has 2 N–H and O–H groups in total. The van der Waals surface area contributed by atoms with Crippen molar-refractivity contribution in [2.75, 3.05) is 20.1 Å². The molecule has 3 heteroatoms. The fourth-order valence-corrected chi connectivity index (χ4v) is 1.97. The number of nitrogens with one attached hydrogen (secondary N) is 2. The van der Waals surface area contributed by atoms with Crippen molar-refractivity contribution in [3.05, 3.63) is 34.3 Å². The van der Waals surface area contributed by atoms with Gasteiger partial charge in [-0.1, -0.05) is 41.1 Å². The fraction of sp³-hybridized carbons (Fsp3) is 0.455. The molecule has 0 spiro atoms. The van der Waals surface area contributed by atoms with Gasteiger partial charge in [-0.25, -0.2) is 0 Å². The molecular formula is C11H17BrN2. The number of hydrogen-bond acceptors (Lipinski definition) is 2. The Morgan fingerprint density at radius 2 is 2.07 bits per heavy atom. The standard InChI is InChI=1S/C11H17BrN2/c1-3-14-8-11(13-2)9-6-4-5-7-10(9)12/h4-7,11,13-14H,3,8H2,1-2H3. The van der Waals surface area contributed by atoms with Gasteiger partial charge in [0.2, 0.25) is 0 Å². The molecule has 0 aliphatic carbocycles. The second-order valence-corrected chi connectivity index (χ2v) is 4.02. The summed E-state index contributed by atoms with van der Waals surface area (Å²) in [5.74, 6) is 0. The van der Waals surface area contributed by atoms with Gasteiger partial charge in [-0.2, -0.15) is 0 Å². The Morgan fingerprint density at radius 3 is 2.64 bits per heavy atom. The van der Waals surface area contributed by atoms with Crippen LogP contribution in [0.3, 0.4) is 0 Å². The molecule has 1 aromatic rings. The molecule has 0 bridgehead atoms. The zero-order valence-electron chi connectivity index (χ0n) is 8.68. The summed E-state index contributed by atoms with van der Waals surface area (Å²) in [6.07, 6.45) is 0. The third-order valence-electron chi connectivity index (χ3n) is 2.23. The molecule has 1 unspecified atom stereocenters. The number of rotatable bonds is 5. The Morgan fingerprint density at radius 1 is 1.36 bits per heavy atom. The van der Waals surface area contributed by atoms with E-state index in [1.165, 1.54) is 5.56 Å². The van der Waals surface area contributed by atoms with Crippen molar-refractivity contribution in [1.82, 2.24) is 10.6 Å². The van der Waals surface area contributed by atoms with Crippen molar-refractivity contribution in [2.45, 2.75) is 13.0 Å². The van der Waals surface area contributed by atoms with Gasteiger partial charge in [0.25, 0.3) is 0 Å². The van der Waals surface area contributed by atoms with Gasteiger partial charge >= 0.3 is 0 Å². The number of likely N-dealkylation sites (N-methyl/N-ethyl adjacent to an activating group) is 2. The second kappa shape index (κ2) is 6.17. The van der Waals surface area contributed by atoms with Gasteiger partial charge in [0.05, 0.1) is 0 Å². The maximum absolute atomic E-state index is 3.56. The first-order valence-corrected chi connectivity index (χ1v) is 5.71. The summed E-state index contributed by atoms with van der Waals surface area (Å²) in [5, 5.41) is 6.64. The summed E-state index contributed by atoms with van der Waals surface area (Å²) in [5.41, 5.74) is 1.30. The highest BCUT2D eigenvalue weighted by Crippen LogP contribution is 2.22. The molecule has 2 nitrogen and oxygen atoms in total. The van der Waals surface area contributed by atoms with Crippen molar-refractivity contribution in [2.24, 2.45) is 0 Å². The molecule has 0 heterocycles. The van der Waals surface area contributed by atoms with Gasteiger partial charge in [0, 0.05) is 17.1 Å². The van der Waals surface area contributed by atoms with Crippen LogP contribution >= 0.6 is 15.9 Å². The lowest BCUT2D eigenvalue weighted by atomic mass is 10.1. The first-order chi connectivity index (χ1) is 6.79. The highest BCUT2D eigenvalue weighted by atomic mass is 79.9. The summed E-state index contributed by atoms with van der Waals surface area (Å²) in [6.45, 7) is 4.07. The monoisotopic (exact) mass is 256 g/mol. The smallest absolute Gasteiger partial charge is 0.0455 e. The highest BCUT2D eigenvalue weighted by molar-refractivity contribution is 9.10. The Balaban J connectivity index is 2.73. The van der Waals surface area contributed by atoms with Crippen LogP contribution in [0.15, 0.2) is 28.7 Å². The van der Waals surface area contributed by atoms with E-state index in [1.54, 1.807) is 0 Å². The highest BCUT2D eigenvalue weighted by Gasteiger charge is 2.10. The van der Waals surface area contributed by atoms with Crippen LogP contribution in [0.5, 0.6) is 0 Å². The van der Waals surface area contributed by atoms with Crippen molar-refractivity contribution in [1.29, 1.82) is 0 Å². The normalized spacial score (nSPS) is 12.8. The minimum Gasteiger partial charge on any atom is -0.315 e. The number of hydrogen-bond donors (Lipinski definition) is 2. The zero-order valence-corrected chi connectivity index (χ0v) is 10.3. The van der Waals surface area contributed by atoms with E-state index < -0.39 is 0 Å². The predicted molar refractivity (Wildman–Crippen MR) is 64.5 cm³/mol. The van der Waals surface area contributed by atoms with E-state index in [-0.39, 0.29) is 0 Å². The van der Waals surface area contributed by atoms with E-state index in [0.29, 0.717) is 6.04 Å². The lowest BCUT2D eigenvalue weighted by Crippen LogP contribution is -2.29. The van der Waals surface area contributed by atoms with Gasteiger partial charge in [0.1, 0.15) is 0 Å². The molecule has 0 aliphatic heterocycles. The van der Waals surface area contributed by atoms with Gasteiger partial charge < -0.3 is 10.6 Å². The first kappa shape index (κ1) is 11.7. The molecule has 0 amide bonds.